The molecular weight excluding hydrogens is 280 g/mol. The molecule has 2 aromatic heterocycles. The summed E-state index contributed by atoms with van der Waals surface area (Å²) in [6.45, 7) is 4.99. The average Bonchev–Trinajstić information content (AvgIpc) is 2.88. The Morgan fingerprint density at radius 1 is 1.47 bits per heavy atom. The van der Waals surface area contributed by atoms with Gasteiger partial charge in [0.1, 0.15) is 0 Å². The van der Waals surface area contributed by atoms with E-state index in [1.165, 1.54) is 0 Å². The molecule has 1 aliphatic rings. The lowest BCUT2D eigenvalue weighted by molar-refractivity contribution is 0.625. The monoisotopic (exact) mass is 296 g/mol. The fourth-order valence-electron chi connectivity index (χ4n) is 2.19. The van der Waals surface area contributed by atoms with Crippen LogP contribution in [0, 0.1) is 0 Å². The number of aromatic nitrogens is 4. The molecule has 3 heterocycles. The van der Waals surface area contributed by atoms with Gasteiger partial charge in [-0.3, -0.25) is 9.36 Å². The zero-order chi connectivity index (χ0) is 13.6. The smallest absolute Gasteiger partial charge is 0.280 e. The van der Waals surface area contributed by atoms with Gasteiger partial charge >= 0.3 is 0 Å². The van der Waals surface area contributed by atoms with Crippen molar-refractivity contribution in [2.45, 2.75) is 42.4 Å². The summed E-state index contributed by atoms with van der Waals surface area (Å²) in [7, 11) is 1.90. The van der Waals surface area contributed by atoms with Crippen LogP contribution in [0.3, 0.4) is 0 Å². The normalized spacial score (nSPS) is 18.2. The predicted octanol–water partition coefficient (Wildman–Crippen LogP) is 2.13. The molecule has 0 spiro atoms. The van der Waals surface area contributed by atoms with Gasteiger partial charge in [0.05, 0.1) is 0 Å². The van der Waals surface area contributed by atoms with Gasteiger partial charge in [-0.05, 0) is 6.42 Å². The molecule has 0 aromatic carbocycles. The first kappa shape index (κ1) is 13.1. The van der Waals surface area contributed by atoms with Crippen molar-refractivity contribution in [3.05, 3.63) is 10.4 Å². The second kappa shape index (κ2) is 4.86. The van der Waals surface area contributed by atoms with E-state index in [9.17, 15) is 4.79 Å². The number of aryl methyl sites for hydroxylation is 1. The molecule has 0 N–H and O–H groups in total. The quantitative estimate of drug-likeness (QED) is 0.641. The molecule has 3 rings (SSSR count). The van der Waals surface area contributed by atoms with Crippen LogP contribution in [0.5, 0.6) is 0 Å². The molecule has 1 atom stereocenters. The first-order valence-corrected chi connectivity index (χ1v) is 8.25. The third-order valence-electron chi connectivity index (χ3n) is 3.10. The molecule has 0 fully saturated rings. The summed E-state index contributed by atoms with van der Waals surface area (Å²) in [4.78, 5) is 21.6. The molecular formula is C12H16N4OS2. The van der Waals surface area contributed by atoms with E-state index in [4.69, 9.17) is 0 Å². The summed E-state index contributed by atoms with van der Waals surface area (Å²) in [5.41, 5.74) is 1.24. The minimum atomic E-state index is 0.0372. The highest BCUT2D eigenvalue weighted by molar-refractivity contribution is 8.00. The summed E-state index contributed by atoms with van der Waals surface area (Å²) in [6, 6.07) is 0. The van der Waals surface area contributed by atoms with E-state index in [1.807, 2.05) is 11.6 Å². The van der Waals surface area contributed by atoms with Crippen LogP contribution in [0.4, 0.5) is 0 Å². The van der Waals surface area contributed by atoms with E-state index in [1.54, 1.807) is 28.1 Å². The Kier molecular flexibility index (Phi) is 3.34. The summed E-state index contributed by atoms with van der Waals surface area (Å²) >= 11 is 3.33. The van der Waals surface area contributed by atoms with Crippen LogP contribution >= 0.6 is 23.5 Å². The minimum Gasteiger partial charge on any atom is -0.316 e. The zero-order valence-electron chi connectivity index (χ0n) is 11.2. The number of thioether (sulfide) groups is 2. The van der Waals surface area contributed by atoms with Gasteiger partial charge < -0.3 is 4.57 Å². The third-order valence-corrected chi connectivity index (χ3v) is 5.41. The molecule has 1 aliphatic heterocycles. The van der Waals surface area contributed by atoms with Crippen molar-refractivity contribution in [2.24, 2.45) is 7.05 Å². The molecule has 0 radical (unpaired) electrons. The van der Waals surface area contributed by atoms with Crippen LogP contribution in [0.1, 0.15) is 20.3 Å². The van der Waals surface area contributed by atoms with Gasteiger partial charge in [-0.15, -0.1) is 0 Å². The van der Waals surface area contributed by atoms with E-state index >= 15 is 0 Å². The first-order valence-electron chi connectivity index (χ1n) is 6.38. The van der Waals surface area contributed by atoms with Crippen LogP contribution in [0.15, 0.2) is 15.1 Å². The maximum Gasteiger partial charge on any atom is 0.280 e. The van der Waals surface area contributed by atoms with Crippen molar-refractivity contribution in [1.82, 2.24) is 19.1 Å². The Bertz CT molecular complexity index is 691. The Morgan fingerprint density at radius 2 is 2.26 bits per heavy atom. The standard InChI is InChI=1S/C12H16N4OS2/c1-4-5-18-11-13-9-8(15(11)3)10(17)16-6-7(2)19-12(16)14-9/h7H,4-6H2,1-3H3. The third kappa shape index (κ3) is 2.08. The molecule has 0 saturated heterocycles. The van der Waals surface area contributed by atoms with Gasteiger partial charge in [-0.1, -0.05) is 37.4 Å². The fraction of sp³-hybridized carbons (Fsp3) is 0.583. The summed E-state index contributed by atoms with van der Waals surface area (Å²) in [5, 5.41) is 2.09. The Balaban J connectivity index is 2.17. The second-order valence-corrected chi connectivity index (χ2v) is 7.18. The number of rotatable bonds is 3. The molecule has 19 heavy (non-hydrogen) atoms. The van der Waals surface area contributed by atoms with Crippen LogP contribution < -0.4 is 5.56 Å². The first-order chi connectivity index (χ1) is 9.11. The van der Waals surface area contributed by atoms with Crippen molar-refractivity contribution in [3.8, 4) is 0 Å². The zero-order valence-corrected chi connectivity index (χ0v) is 12.8. The van der Waals surface area contributed by atoms with Crippen LogP contribution in [-0.4, -0.2) is 30.1 Å². The summed E-state index contributed by atoms with van der Waals surface area (Å²) in [5.74, 6) is 1.00. The van der Waals surface area contributed by atoms with Gasteiger partial charge in [0.15, 0.2) is 21.5 Å². The van der Waals surface area contributed by atoms with Gasteiger partial charge in [0.25, 0.3) is 5.56 Å². The van der Waals surface area contributed by atoms with Crippen LogP contribution in [-0.2, 0) is 13.6 Å². The Labute approximate surface area is 119 Å². The molecule has 0 aliphatic carbocycles. The molecule has 7 heteroatoms. The van der Waals surface area contributed by atoms with Crippen LogP contribution in [0.2, 0.25) is 0 Å². The van der Waals surface area contributed by atoms with E-state index in [0.29, 0.717) is 16.4 Å². The SMILES string of the molecule is CCCSc1nc2nc3n(c(=O)c2n1C)CC(C)S3. The highest BCUT2D eigenvalue weighted by atomic mass is 32.2. The highest BCUT2D eigenvalue weighted by Gasteiger charge is 2.25. The molecule has 102 valence electrons. The average molecular weight is 296 g/mol. The van der Waals surface area contributed by atoms with Gasteiger partial charge in [0, 0.05) is 24.6 Å². The number of nitrogens with zero attached hydrogens (tertiary/aromatic N) is 4. The van der Waals surface area contributed by atoms with Gasteiger partial charge in [-0.25, -0.2) is 9.97 Å². The highest BCUT2D eigenvalue weighted by Crippen LogP contribution is 2.30. The largest absolute Gasteiger partial charge is 0.316 e. The summed E-state index contributed by atoms with van der Waals surface area (Å²) < 4.78 is 3.65. The number of fused-ring (bicyclic) bond motifs is 2. The number of hydrogen-bond acceptors (Lipinski definition) is 5. The van der Waals surface area contributed by atoms with Gasteiger partial charge in [0.2, 0.25) is 0 Å². The fourth-order valence-corrected chi connectivity index (χ4v) is 4.02. The maximum absolute atomic E-state index is 12.5. The van der Waals surface area contributed by atoms with Gasteiger partial charge in [-0.2, -0.15) is 0 Å². The Morgan fingerprint density at radius 3 is 3.00 bits per heavy atom. The maximum atomic E-state index is 12.5. The van der Waals surface area contributed by atoms with E-state index < -0.39 is 0 Å². The van der Waals surface area contributed by atoms with Crippen molar-refractivity contribution in [1.29, 1.82) is 0 Å². The predicted molar refractivity (Wildman–Crippen MR) is 79.1 cm³/mol. The lowest BCUT2D eigenvalue weighted by Crippen LogP contribution is -2.22. The molecule has 2 aromatic rings. The number of hydrogen-bond donors (Lipinski definition) is 0. The molecule has 1 unspecified atom stereocenters. The molecule has 0 amide bonds. The Hall–Kier alpha value is -0.950. The van der Waals surface area contributed by atoms with Crippen molar-refractivity contribution >= 4 is 34.7 Å². The van der Waals surface area contributed by atoms with E-state index in [-0.39, 0.29) is 5.56 Å². The lowest BCUT2D eigenvalue weighted by Gasteiger charge is -2.02. The number of imidazole rings is 1. The van der Waals surface area contributed by atoms with Crippen LogP contribution in [0.25, 0.3) is 11.2 Å². The van der Waals surface area contributed by atoms with Crippen molar-refractivity contribution in [3.63, 3.8) is 0 Å². The summed E-state index contributed by atoms with van der Waals surface area (Å²) in [6.07, 6.45) is 1.09. The van der Waals surface area contributed by atoms with E-state index in [2.05, 4.69) is 23.8 Å². The molecule has 5 nitrogen and oxygen atoms in total. The minimum absolute atomic E-state index is 0.0372. The van der Waals surface area contributed by atoms with E-state index in [0.717, 1.165) is 29.0 Å². The second-order valence-electron chi connectivity index (χ2n) is 4.71. The lowest BCUT2D eigenvalue weighted by atomic mass is 10.4. The van der Waals surface area contributed by atoms with Crippen molar-refractivity contribution < 1.29 is 0 Å². The van der Waals surface area contributed by atoms with Crippen molar-refractivity contribution in [2.75, 3.05) is 5.75 Å². The topological polar surface area (TPSA) is 52.7 Å². The molecule has 0 bridgehead atoms. The molecule has 0 saturated carbocycles.